The van der Waals surface area contributed by atoms with Gasteiger partial charge in [0.15, 0.2) is 0 Å². The van der Waals surface area contributed by atoms with Gasteiger partial charge in [-0.1, -0.05) is 19.4 Å². The van der Waals surface area contributed by atoms with E-state index in [1.165, 1.54) is 24.0 Å². The molecule has 0 saturated heterocycles. The van der Waals surface area contributed by atoms with Gasteiger partial charge in [-0.05, 0) is 42.0 Å². The van der Waals surface area contributed by atoms with Crippen molar-refractivity contribution < 1.29 is 4.79 Å². The van der Waals surface area contributed by atoms with Gasteiger partial charge in [0.2, 0.25) is 5.91 Å². The van der Waals surface area contributed by atoms with Gasteiger partial charge in [0.25, 0.3) is 0 Å². The molecule has 2 unspecified atom stereocenters. The van der Waals surface area contributed by atoms with Gasteiger partial charge in [-0.3, -0.25) is 4.79 Å². The van der Waals surface area contributed by atoms with E-state index in [1.54, 1.807) is 0 Å². The van der Waals surface area contributed by atoms with Crippen LogP contribution in [0, 0.1) is 11.8 Å². The summed E-state index contributed by atoms with van der Waals surface area (Å²) in [6.07, 6.45) is 3.46. The van der Waals surface area contributed by atoms with Crippen molar-refractivity contribution in [2.45, 2.75) is 39.3 Å². The van der Waals surface area contributed by atoms with Crippen LogP contribution in [-0.4, -0.2) is 10.8 Å². The first-order valence-corrected chi connectivity index (χ1v) is 6.81. The molecule has 3 nitrogen and oxygen atoms in total. The van der Waals surface area contributed by atoms with Crippen LogP contribution in [0.4, 0.5) is 5.69 Å². The van der Waals surface area contributed by atoms with E-state index in [0.717, 1.165) is 25.2 Å². The molecule has 1 saturated carbocycles. The van der Waals surface area contributed by atoms with Gasteiger partial charge >= 0.3 is 0 Å². The molecule has 0 aromatic heterocycles. The zero-order valence-corrected chi connectivity index (χ0v) is 10.9. The molecule has 2 aliphatic rings. The molecule has 1 aromatic rings. The predicted octanol–water partition coefficient (Wildman–Crippen LogP) is 2.55. The second kappa shape index (κ2) is 4.30. The van der Waals surface area contributed by atoms with Crippen LogP contribution < -0.4 is 5.73 Å². The average molecular weight is 244 g/mol. The van der Waals surface area contributed by atoms with Gasteiger partial charge in [0, 0.05) is 24.7 Å². The number of nitrogens with two attached hydrogens (primary N) is 1. The van der Waals surface area contributed by atoms with Crippen LogP contribution >= 0.6 is 0 Å². The lowest BCUT2D eigenvalue weighted by atomic mass is 9.97. The lowest BCUT2D eigenvalue weighted by molar-refractivity contribution is -0.137. The first-order valence-electron chi connectivity index (χ1n) is 6.81. The second-order valence-corrected chi connectivity index (χ2v) is 5.74. The van der Waals surface area contributed by atoms with Crippen LogP contribution in [0.5, 0.6) is 0 Å². The summed E-state index contributed by atoms with van der Waals surface area (Å²) in [4.78, 5) is 14.5. The number of hydrogen-bond acceptors (Lipinski definition) is 2. The number of nitrogen functional groups attached to an aromatic ring is 1. The van der Waals surface area contributed by atoms with Crippen molar-refractivity contribution in [3.63, 3.8) is 0 Å². The molecule has 1 aromatic carbocycles. The highest BCUT2D eigenvalue weighted by atomic mass is 16.2. The standard InChI is InChI=1S/C15H20N2O/c1-10-3-2-4-14(10)15(18)17-8-11-5-6-13(16)7-12(11)9-17/h5-7,10,14H,2-4,8-9,16H2,1H3. The maximum atomic E-state index is 12.5. The molecule has 1 amide bonds. The fourth-order valence-electron chi connectivity index (χ4n) is 3.32. The van der Waals surface area contributed by atoms with Crippen LogP contribution in [0.15, 0.2) is 18.2 Å². The van der Waals surface area contributed by atoms with Gasteiger partial charge in [-0.2, -0.15) is 0 Å². The summed E-state index contributed by atoms with van der Waals surface area (Å²) < 4.78 is 0. The third kappa shape index (κ3) is 1.88. The molecule has 2 atom stereocenters. The minimum atomic E-state index is 0.247. The van der Waals surface area contributed by atoms with Crippen molar-refractivity contribution in [1.82, 2.24) is 4.90 Å². The van der Waals surface area contributed by atoms with Crippen LogP contribution in [0.25, 0.3) is 0 Å². The Morgan fingerprint density at radius 1 is 1.28 bits per heavy atom. The SMILES string of the molecule is CC1CCCC1C(=O)N1Cc2ccc(N)cc2C1. The van der Waals surface area contributed by atoms with E-state index in [4.69, 9.17) is 5.73 Å². The highest BCUT2D eigenvalue weighted by molar-refractivity contribution is 5.80. The van der Waals surface area contributed by atoms with Crippen molar-refractivity contribution in [2.75, 3.05) is 5.73 Å². The van der Waals surface area contributed by atoms with Gasteiger partial charge in [-0.15, -0.1) is 0 Å². The molecule has 3 heteroatoms. The van der Waals surface area contributed by atoms with Crippen molar-refractivity contribution >= 4 is 11.6 Å². The quantitative estimate of drug-likeness (QED) is 0.772. The molecule has 0 bridgehead atoms. The van der Waals surface area contributed by atoms with Crippen molar-refractivity contribution in [1.29, 1.82) is 0 Å². The van der Waals surface area contributed by atoms with E-state index in [-0.39, 0.29) is 5.92 Å². The Morgan fingerprint density at radius 3 is 2.78 bits per heavy atom. The van der Waals surface area contributed by atoms with E-state index >= 15 is 0 Å². The molecule has 0 spiro atoms. The number of anilines is 1. The molecule has 2 N–H and O–H groups in total. The minimum absolute atomic E-state index is 0.247. The van der Waals surface area contributed by atoms with E-state index in [0.29, 0.717) is 11.8 Å². The van der Waals surface area contributed by atoms with E-state index < -0.39 is 0 Å². The lowest BCUT2D eigenvalue weighted by Crippen LogP contribution is -2.33. The molecule has 1 aliphatic heterocycles. The monoisotopic (exact) mass is 244 g/mol. The average Bonchev–Trinajstić information content (AvgIpc) is 2.93. The second-order valence-electron chi connectivity index (χ2n) is 5.74. The molecular formula is C15H20N2O. The molecular weight excluding hydrogens is 224 g/mol. The largest absolute Gasteiger partial charge is 0.399 e. The van der Waals surface area contributed by atoms with E-state index in [9.17, 15) is 4.79 Å². The van der Waals surface area contributed by atoms with Gasteiger partial charge in [0.1, 0.15) is 0 Å². The number of rotatable bonds is 1. The van der Waals surface area contributed by atoms with Crippen LogP contribution in [0.3, 0.4) is 0 Å². The van der Waals surface area contributed by atoms with Crippen LogP contribution in [-0.2, 0) is 17.9 Å². The summed E-state index contributed by atoms with van der Waals surface area (Å²) in [5.41, 5.74) is 9.05. The van der Waals surface area contributed by atoms with Crippen molar-refractivity contribution in [3.8, 4) is 0 Å². The number of carbonyl (C=O) groups is 1. The molecule has 3 rings (SSSR count). The van der Waals surface area contributed by atoms with Gasteiger partial charge in [0.05, 0.1) is 0 Å². The fraction of sp³-hybridized carbons (Fsp3) is 0.533. The Hall–Kier alpha value is -1.51. The number of fused-ring (bicyclic) bond motifs is 1. The molecule has 1 heterocycles. The predicted molar refractivity (Wildman–Crippen MR) is 71.6 cm³/mol. The number of hydrogen-bond donors (Lipinski definition) is 1. The third-order valence-electron chi connectivity index (χ3n) is 4.44. The van der Waals surface area contributed by atoms with Crippen molar-refractivity contribution in [3.05, 3.63) is 29.3 Å². The Kier molecular flexibility index (Phi) is 2.77. The third-order valence-corrected chi connectivity index (χ3v) is 4.44. The first kappa shape index (κ1) is 11.6. The highest BCUT2D eigenvalue weighted by Crippen LogP contribution is 2.35. The minimum Gasteiger partial charge on any atom is -0.399 e. The molecule has 1 fully saturated rings. The Bertz CT molecular complexity index is 483. The maximum absolute atomic E-state index is 12.5. The van der Waals surface area contributed by atoms with E-state index in [1.807, 2.05) is 17.0 Å². The topological polar surface area (TPSA) is 46.3 Å². The molecule has 18 heavy (non-hydrogen) atoms. The summed E-state index contributed by atoms with van der Waals surface area (Å²) in [6, 6.07) is 5.97. The zero-order chi connectivity index (χ0) is 12.7. The Labute approximate surface area is 108 Å². The summed E-state index contributed by atoms with van der Waals surface area (Å²) in [6.45, 7) is 3.71. The number of carbonyl (C=O) groups excluding carboxylic acids is 1. The Morgan fingerprint density at radius 2 is 2.06 bits per heavy atom. The number of benzene rings is 1. The van der Waals surface area contributed by atoms with Crippen molar-refractivity contribution in [2.24, 2.45) is 11.8 Å². The number of nitrogens with zero attached hydrogens (tertiary/aromatic N) is 1. The summed E-state index contributed by atoms with van der Waals surface area (Å²) in [7, 11) is 0. The summed E-state index contributed by atoms with van der Waals surface area (Å²) in [5, 5.41) is 0. The Balaban J connectivity index is 1.75. The first-order chi connectivity index (χ1) is 8.65. The van der Waals surface area contributed by atoms with Gasteiger partial charge < -0.3 is 10.6 Å². The van der Waals surface area contributed by atoms with Gasteiger partial charge in [-0.25, -0.2) is 0 Å². The number of amides is 1. The zero-order valence-electron chi connectivity index (χ0n) is 10.9. The maximum Gasteiger partial charge on any atom is 0.226 e. The summed E-state index contributed by atoms with van der Waals surface area (Å²) in [5.74, 6) is 1.14. The smallest absolute Gasteiger partial charge is 0.226 e. The molecule has 96 valence electrons. The fourth-order valence-corrected chi connectivity index (χ4v) is 3.32. The van der Waals surface area contributed by atoms with Crippen LogP contribution in [0.1, 0.15) is 37.3 Å². The van der Waals surface area contributed by atoms with E-state index in [2.05, 4.69) is 13.0 Å². The lowest BCUT2D eigenvalue weighted by Gasteiger charge is -2.22. The van der Waals surface area contributed by atoms with Crippen LogP contribution in [0.2, 0.25) is 0 Å². The normalized spacial score (nSPS) is 26.4. The molecule has 1 aliphatic carbocycles. The highest BCUT2D eigenvalue weighted by Gasteiger charge is 2.34. The molecule has 0 radical (unpaired) electrons. The summed E-state index contributed by atoms with van der Waals surface area (Å²) >= 11 is 0.